The molecule has 130 valence electrons. The Labute approximate surface area is 145 Å². The number of urea groups is 1. The Balaban J connectivity index is 3.04. The van der Waals surface area contributed by atoms with Crippen LogP contribution in [0.5, 0.6) is 0 Å². The average Bonchev–Trinajstić information content (AvgIpc) is 2.55. The molecule has 2 amide bonds. The number of aromatic nitrogens is 1. The first-order chi connectivity index (χ1) is 11.1. The van der Waals surface area contributed by atoms with E-state index >= 15 is 0 Å². The molecule has 0 atom stereocenters. The molecule has 0 saturated heterocycles. The number of rotatable bonds is 11. The normalized spacial score (nSPS) is 11.4. The summed E-state index contributed by atoms with van der Waals surface area (Å²) in [5.74, 6) is 0.558. The van der Waals surface area contributed by atoms with Crippen LogP contribution in [-0.4, -0.2) is 29.4 Å². The predicted molar refractivity (Wildman–Crippen MR) is 102 cm³/mol. The molecule has 1 aromatic heterocycles. The Bertz CT molecular complexity index is 440. The molecule has 0 saturated carbocycles. The van der Waals surface area contributed by atoms with Crippen LogP contribution in [0.15, 0.2) is 18.3 Å². The summed E-state index contributed by atoms with van der Waals surface area (Å²) >= 11 is -2.39. The molecule has 4 nitrogen and oxygen atoms in total. The molecule has 3 N–H and O–H groups in total. The minimum atomic E-state index is -2.39. The van der Waals surface area contributed by atoms with Crippen LogP contribution in [-0.2, 0) is 0 Å². The van der Waals surface area contributed by atoms with E-state index in [2.05, 4.69) is 37.1 Å². The van der Waals surface area contributed by atoms with Crippen LogP contribution < -0.4 is 14.6 Å². The van der Waals surface area contributed by atoms with Gasteiger partial charge in [0.05, 0.1) is 0 Å². The standard InChI is InChI=1S/C6H6N3O.3C4H9.Sn/c7-6(10)9-5-3-1-2-4-8-5;3*1-3-4-2;/h1,3-4H,(H3,7,8,9,10);3*1,3-4H2,2H3;. The first-order valence-electron chi connectivity index (χ1n) is 9.11. The number of carbonyl (C=O) groups excluding carboxylic acids is 1. The number of nitrogens with two attached hydrogens (primary N) is 1. The van der Waals surface area contributed by atoms with Gasteiger partial charge in [0.25, 0.3) is 0 Å². The molecule has 0 unspecified atom stereocenters. The summed E-state index contributed by atoms with van der Waals surface area (Å²) in [6, 6.07) is 3.59. The topological polar surface area (TPSA) is 68.0 Å². The van der Waals surface area contributed by atoms with Gasteiger partial charge in [0.1, 0.15) is 0 Å². The van der Waals surface area contributed by atoms with E-state index in [-0.39, 0.29) is 0 Å². The van der Waals surface area contributed by atoms with Crippen molar-refractivity contribution >= 4 is 33.8 Å². The monoisotopic (exact) mass is 427 g/mol. The SMILES string of the molecule is CCC[CH2][Sn]([CH2]CCC)([CH2]CCC)[c]1ccc(NC(N)=O)nc1. The molecule has 0 aliphatic carbocycles. The third kappa shape index (κ3) is 6.69. The second-order valence-electron chi connectivity index (χ2n) is 6.51. The first kappa shape index (κ1) is 20.3. The van der Waals surface area contributed by atoms with Gasteiger partial charge in [-0.3, -0.25) is 0 Å². The number of hydrogen-bond donors (Lipinski definition) is 2. The second kappa shape index (κ2) is 10.9. The molecule has 0 fully saturated rings. The number of hydrogen-bond acceptors (Lipinski definition) is 2. The van der Waals surface area contributed by atoms with Crippen LogP contribution in [0.1, 0.15) is 59.3 Å². The van der Waals surface area contributed by atoms with E-state index in [4.69, 9.17) is 5.73 Å². The number of nitrogens with zero attached hydrogens (tertiary/aromatic N) is 1. The van der Waals surface area contributed by atoms with Gasteiger partial charge in [-0.05, 0) is 0 Å². The third-order valence-corrected chi connectivity index (χ3v) is 20.2. The van der Waals surface area contributed by atoms with Crippen LogP contribution >= 0.6 is 0 Å². The van der Waals surface area contributed by atoms with Crippen molar-refractivity contribution in [1.29, 1.82) is 0 Å². The summed E-state index contributed by atoms with van der Waals surface area (Å²) in [4.78, 5) is 15.4. The van der Waals surface area contributed by atoms with Crippen molar-refractivity contribution in [3.05, 3.63) is 18.3 Å². The summed E-state index contributed by atoms with van der Waals surface area (Å²) in [6.45, 7) is 6.86. The molecule has 1 heterocycles. The van der Waals surface area contributed by atoms with E-state index in [0.29, 0.717) is 5.82 Å². The molecule has 23 heavy (non-hydrogen) atoms. The molecule has 5 heteroatoms. The van der Waals surface area contributed by atoms with Gasteiger partial charge in [-0.15, -0.1) is 0 Å². The van der Waals surface area contributed by atoms with Gasteiger partial charge in [-0.1, -0.05) is 0 Å². The minimum absolute atomic E-state index is 0.553. The molecule has 0 aliphatic rings. The van der Waals surface area contributed by atoms with E-state index in [1.165, 1.54) is 55.4 Å². The van der Waals surface area contributed by atoms with Crippen molar-refractivity contribution in [1.82, 2.24) is 4.98 Å². The van der Waals surface area contributed by atoms with Gasteiger partial charge in [-0.25, -0.2) is 0 Å². The average molecular weight is 426 g/mol. The van der Waals surface area contributed by atoms with Crippen molar-refractivity contribution < 1.29 is 4.79 Å². The van der Waals surface area contributed by atoms with Crippen molar-refractivity contribution in [2.24, 2.45) is 5.73 Å². The maximum absolute atomic E-state index is 11.0. The molecule has 0 aliphatic heterocycles. The maximum atomic E-state index is 11.0. The molecule has 1 aromatic rings. The van der Waals surface area contributed by atoms with Gasteiger partial charge in [-0.2, -0.15) is 0 Å². The van der Waals surface area contributed by atoms with E-state index in [1.807, 2.05) is 12.3 Å². The zero-order chi connectivity index (χ0) is 17.1. The number of primary amides is 1. The van der Waals surface area contributed by atoms with Crippen LogP contribution in [0, 0.1) is 0 Å². The zero-order valence-corrected chi connectivity index (χ0v) is 17.9. The van der Waals surface area contributed by atoms with E-state index in [9.17, 15) is 4.79 Å². The first-order valence-corrected chi connectivity index (χ1v) is 16.6. The van der Waals surface area contributed by atoms with Crippen LogP contribution in [0.4, 0.5) is 10.6 Å². The summed E-state index contributed by atoms with van der Waals surface area (Å²) < 4.78 is 5.80. The Kier molecular flexibility index (Phi) is 9.60. The molecule has 0 radical (unpaired) electrons. The molecular formula is C18H33N3OSn. The van der Waals surface area contributed by atoms with Gasteiger partial charge in [0.15, 0.2) is 0 Å². The number of unbranched alkanes of at least 4 members (excludes halogenated alkanes) is 3. The second-order valence-corrected chi connectivity index (χ2v) is 19.7. The number of carbonyl (C=O) groups is 1. The fourth-order valence-corrected chi connectivity index (χ4v) is 18.9. The number of pyridine rings is 1. The van der Waals surface area contributed by atoms with E-state index < -0.39 is 24.4 Å². The zero-order valence-electron chi connectivity index (χ0n) is 15.0. The van der Waals surface area contributed by atoms with Crippen LogP contribution in [0.2, 0.25) is 13.3 Å². The predicted octanol–water partition coefficient (Wildman–Crippen LogP) is 4.63. The Morgan fingerprint density at radius 1 is 1.04 bits per heavy atom. The van der Waals surface area contributed by atoms with Crippen LogP contribution in [0.25, 0.3) is 0 Å². The van der Waals surface area contributed by atoms with Gasteiger partial charge in [0, 0.05) is 0 Å². The molecule has 0 bridgehead atoms. The Hall–Kier alpha value is -0.781. The van der Waals surface area contributed by atoms with Crippen LogP contribution in [0.3, 0.4) is 0 Å². The quantitative estimate of drug-likeness (QED) is 0.507. The summed E-state index contributed by atoms with van der Waals surface area (Å²) in [5, 5.41) is 2.56. The summed E-state index contributed by atoms with van der Waals surface area (Å²) in [6.07, 6.45) is 9.85. The van der Waals surface area contributed by atoms with Crippen molar-refractivity contribution in [3.8, 4) is 0 Å². The Morgan fingerprint density at radius 3 is 1.91 bits per heavy atom. The third-order valence-electron chi connectivity index (χ3n) is 4.65. The molecule has 0 aromatic carbocycles. The van der Waals surface area contributed by atoms with Gasteiger partial charge >= 0.3 is 146 Å². The number of amides is 2. The van der Waals surface area contributed by atoms with Gasteiger partial charge in [0.2, 0.25) is 0 Å². The summed E-state index contributed by atoms with van der Waals surface area (Å²) in [5.41, 5.74) is 5.17. The molecular weight excluding hydrogens is 393 g/mol. The van der Waals surface area contributed by atoms with E-state index in [0.717, 1.165) is 0 Å². The number of nitrogens with one attached hydrogen (secondary N) is 1. The van der Waals surface area contributed by atoms with E-state index in [1.54, 1.807) is 0 Å². The van der Waals surface area contributed by atoms with Crippen molar-refractivity contribution in [2.45, 2.75) is 72.6 Å². The molecule has 1 rings (SSSR count). The fraction of sp³-hybridized carbons (Fsp3) is 0.667. The van der Waals surface area contributed by atoms with Crippen molar-refractivity contribution in [2.75, 3.05) is 5.32 Å². The van der Waals surface area contributed by atoms with Crippen molar-refractivity contribution in [3.63, 3.8) is 0 Å². The number of anilines is 1. The fourth-order valence-electron chi connectivity index (χ4n) is 3.26. The van der Waals surface area contributed by atoms with Gasteiger partial charge < -0.3 is 0 Å². The molecule has 0 spiro atoms. The Morgan fingerprint density at radius 2 is 1.57 bits per heavy atom. The summed E-state index contributed by atoms with van der Waals surface area (Å²) in [7, 11) is 0.